The first-order chi connectivity index (χ1) is 18.8. The number of piperidine rings is 1. The summed E-state index contributed by atoms with van der Waals surface area (Å²) in [7, 11) is -3.81. The van der Waals surface area contributed by atoms with Crippen molar-refractivity contribution in [3.63, 3.8) is 0 Å². The molecule has 2 N–H and O–H groups in total. The van der Waals surface area contributed by atoms with Gasteiger partial charge in [-0.05, 0) is 72.9 Å². The van der Waals surface area contributed by atoms with E-state index in [0.29, 0.717) is 25.2 Å². The second-order valence-electron chi connectivity index (χ2n) is 10.2. The van der Waals surface area contributed by atoms with Crippen molar-refractivity contribution in [3.8, 4) is 0 Å². The first-order valence-electron chi connectivity index (χ1n) is 12.9. The van der Waals surface area contributed by atoms with E-state index < -0.39 is 15.4 Å². The van der Waals surface area contributed by atoms with Gasteiger partial charge in [0.25, 0.3) is 10.0 Å². The fourth-order valence-corrected chi connectivity index (χ4v) is 7.61. The molecule has 1 aromatic heterocycles. The van der Waals surface area contributed by atoms with Crippen molar-refractivity contribution in [1.29, 1.82) is 5.41 Å². The molecule has 1 saturated heterocycles. The van der Waals surface area contributed by atoms with Crippen LogP contribution < -0.4 is 5.32 Å². The number of hydrogen-bond acceptors (Lipinski definition) is 6. The van der Waals surface area contributed by atoms with E-state index in [1.807, 2.05) is 44.2 Å². The highest BCUT2D eigenvalue weighted by Crippen LogP contribution is 2.70. The van der Waals surface area contributed by atoms with E-state index >= 15 is 0 Å². The number of hydrogen-bond donors (Lipinski definition) is 2. The zero-order valence-electron chi connectivity index (χ0n) is 21.7. The molecule has 3 atom stereocenters. The van der Waals surface area contributed by atoms with Crippen molar-refractivity contribution < 1.29 is 12.8 Å². The minimum absolute atomic E-state index is 0.0344. The van der Waals surface area contributed by atoms with Crippen molar-refractivity contribution >= 4 is 27.6 Å². The molecule has 1 aliphatic heterocycles. The first-order valence-corrected chi connectivity index (χ1v) is 14.4. The third kappa shape index (κ3) is 4.15. The number of anilines is 2. The molecule has 0 unspecified atom stereocenters. The van der Waals surface area contributed by atoms with Crippen LogP contribution in [0.3, 0.4) is 0 Å². The number of benzene rings is 3. The average Bonchev–Trinajstić information content (AvgIpc) is 3.26. The summed E-state index contributed by atoms with van der Waals surface area (Å²) < 4.78 is 42.1. The second-order valence-corrected chi connectivity index (χ2v) is 12.1. The van der Waals surface area contributed by atoms with E-state index in [9.17, 15) is 12.8 Å². The van der Waals surface area contributed by atoms with Gasteiger partial charge >= 0.3 is 0 Å². The molecule has 0 spiro atoms. The van der Waals surface area contributed by atoms with Crippen LogP contribution in [0.4, 0.5) is 15.8 Å². The fourth-order valence-electron chi connectivity index (χ4n) is 6.23. The highest BCUT2D eigenvalue weighted by molar-refractivity contribution is 7.89. The van der Waals surface area contributed by atoms with E-state index in [-0.39, 0.29) is 22.7 Å². The molecule has 1 aliphatic carbocycles. The molecule has 2 heterocycles. The number of nitrogens with one attached hydrogen (secondary N) is 2. The summed E-state index contributed by atoms with van der Waals surface area (Å²) in [6, 6.07) is 20.3. The standard InChI is InChI=1S/C29H29FN6O2S/c1-3-36-32-16-27(34-36)39(37,38)35-17-25-28(20-7-5-4-6-8-20)29(25,18-35)24-14-21(15-31)26(13-19(24)2)33-23-11-9-22(30)10-12-23/h4-16,25,28,31,33H,3,17-18H2,1-2H3/t25-,28-,29+/m0/s1. The maximum absolute atomic E-state index is 13.6. The van der Waals surface area contributed by atoms with Gasteiger partial charge in [-0.2, -0.15) is 14.2 Å². The summed E-state index contributed by atoms with van der Waals surface area (Å²) in [5.41, 5.74) is 4.94. The van der Waals surface area contributed by atoms with Crippen LogP contribution in [0.25, 0.3) is 0 Å². The van der Waals surface area contributed by atoms with Crippen molar-refractivity contribution in [1.82, 2.24) is 19.3 Å². The highest BCUT2D eigenvalue weighted by atomic mass is 32.2. The topological polar surface area (TPSA) is 104 Å². The minimum atomic E-state index is -3.81. The van der Waals surface area contributed by atoms with E-state index in [0.717, 1.165) is 22.5 Å². The van der Waals surface area contributed by atoms with Crippen LogP contribution in [0.2, 0.25) is 0 Å². The molecule has 200 valence electrons. The van der Waals surface area contributed by atoms with Crippen molar-refractivity contribution in [2.24, 2.45) is 5.92 Å². The van der Waals surface area contributed by atoms with Crippen LogP contribution in [0, 0.1) is 24.1 Å². The first kappa shape index (κ1) is 25.4. The molecular formula is C29H29FN6O2S. The lowest BCUT2D eigenvalue weighted by Gasteiger charge is -2.25. The van der Waals surface area contributed by atoms with Crippen molar-refractivity contribution in [3.05, 3.63) is 101 Å². The Balaban J connectivity index is 1.40. The van der Waals surface area contributed by atoms with Gasteiger partial charge in [0, 0.05) is 47.6 Å². The van der Waals surface area contributed by atoms with Crippen LogP contribution >= 0.6 is 0 Å². The van der Waals surface area contributed by atoms with Gasteiger partial charge in [-0.3, -0.25) is 0 Å². The van der Waals surface area contributed by atoms with E-state index in [1.54, 1.807) is 12.1 Å². The molecule has 0 amide bonds. The second kappa shape index (κ2) is 9.39. The average molecular weight is 545 g/mol. The molecule has 39 heavy (non-hydrogen) atoms. The molecule has 10 heteroatoms. The number of halogens is 1. The quantitative estimate of drug-likeness (QED) is 0.309. The van der Waals surface area contributed by atoms with Gasteiger partial charge < -0.3 is 10.7 Å². The van der Waals surface area contributed by atoms with Crippen LogP contribution in [-0.2, 0) is 22.0 Å². The lowest BCUT2D eigenvalue weighted by atomic mass is 9.86. The molecular weight excluding hydrogens is 515 g/mol. The molecule has 0 radical (unpaired) electrons. The third-order valence-corrected chi connectivity index (χ3v) is 9.76. The maximum atomic E-state index is 13.6. The molecule has 6 rings (SSSR count). The fraction of sp³-hybridized carbons (Fsp3) is 0.276. The molecule has 1 saturated carbocycles. The molecule has 2 fully saturated rings. The van der Waals surface area contributed by atoms with Crippen molar-refractivity contribution in [2.75, 3.05) is 18.4 Å². The van der Waals surface area contributed by atoms with E-state index in [2.05, 4.69) is 27.6 Å². The molecule has 3 aromatic carbocycles. The summed E-state index contributed by atoms with van der Waals surface area (Å²) in [4.78, 5) is 1.37. The minimum Gasteiger partial charge on any atom is -0.355 e. The van der Waals surface area contributed by atoms with Gasteiger partial charge in [-0.15, -0.1) is 5.10 Å². The number of fused-ring (bicyclic) bond motifs is 1. The molecule has 8 nitrogen and oxygen atoms in total. The summed E-state index contributed by atoms with van der Waals surface area (Å²) >= 11 is 0. The number of aryl methyl sites for hydroxylation is 2. The lowest BCUT2D eigenvalue weighted by molar-refractivity contribution is 0.417. The third-order valence-electron chi connectivity index (χ3n) is 8.09. The monoisotopic (exact) mass is 544 g/mol. The lowest BCUT2D eigenvalue weighted by Crippen LogP contribution is -2.35. The summed E-state index contributed by atoms with van der Waals surface area (Å²) in [6.07, 6.45) is 2.62. The number of aromatic nitrogens is 3. The van der Waals surface area contributed by atoms with Gasteiger partial charge in [-0.25, -0.2) is 12.8 Å². The Bertz CT molecular complexity index is 1660. The van der Waals surface area contributed by atoms with E-state index in [1.165, 1.54) is 39.2 Å². The Kier molecular flexibility index (Phi) is 6.11. The van der Waals surface area contributed by atoms with Gasteiger partial charge in [0.1, 0.15) is 5.82 Å². The number of nitrogens with zero attached hydrogens (tertiary/aromatic N) is 4. The number of sulfonamides is 1. The zero-order chi connectivity index (χ0) is 27.4. The summed E-state index contributed by atoms with van der Waals surface area (Å²) in [5.74, 6) is -0.0723. The van der Waals surface area contributed by atoms with E-state index in [4.69, 9.17) is 5.41 Å². The van der Waals surface area contributed by atoms with Gasteiger partial charge in [0.15, 0.2) is 0 Å². The van der Waals surface area contributed by atoms with Crippen LogP contribution in [0.1, 0.15) is 35.1 Å². The summed E-state index contributed by atoms with van der Waals surface area (Å²) in [5, 5.41) is 19.6. The number of rotatable bonds is 8. The Morgan fingerprint density at radius 1 is 1.15 bits per heavy atom. The Morgan fingerprint density at radius 3 is 2.56 bits per heavy atom. The Morgan fingerprint density at radius 2 is 1.90 bits per heavy atom. The predicted octanol–water partition coefficient (Wildman–Crippen LogP) is 4.84. The highest BCUT2D eigenvalue weighted by Gasteiger charge is 2.71. The van der Waals surface area contributed by atoms with Crippen LogP contribution in [0.15, 0.2) is 78.0 Å². The largest absolute Gasteiger partial charge is 0.355 e. The van der Waals surface area contributed by atoms with Crippen LogP contribution in [-0.4, -0.2) is 47.0 Å². The SMILES string of the molecule is CCn1ncc(S(=O)(=O)N2C[C@H]3[C@H](c4ccccc4)[C@@]3(c3cc(C=N)c(Nc4ccc(F)cc4)cc3C)C2)n1. The van der Waals surface area contributed by atoms with Crippen molar-refractivity contribution in [2.45, 2.75) is 36.8 Å². The predicted molar refractivity (Wildman–Crippen MR) is 148 cm³/mol. The smallest absolute Gasteiger partial charge is 0.264 e. The normalized spacial score (nSPS) is 22.4. The Hall–Kier alpha value is -3.89. The maximum Gasteiger partial charge on any atom is 0.264 e. The van der Waals surface area contributed by atoms with Gasteiger partial charge in [0.05, 0.1) is 12.7 Å². The Labute approximate surface area is 227 Å². The molecule has 2 aliphatic rings. The molecule has 0 bridgehead atoms. The van der Waals surface area contributed by atoms with Crippen LogP contribution in [0.5, 0.6) is 0 Å². The molecule has 4 aromatic rings. The zero-order valence-corrected chi connectivity index (χ0v) is 22.5. The summed E-state index contributed by atoms with van der Waals surface area (Å²) in [6.45, 7) is 5.08. The van der Waals surface area contributed by atoms with Gasteiger partial charge in [0.2, 0.25) is 5.03 Å². The van der Waals surface area contributed by atoms with Gasteiger partial charge in [-0.1, -0.05) is 30.3 Å².